The van der Waals surface area contributed by atoms with Crippen LogP contribution in [0.2, 0.25) is 0 Å². The van der Waals surface area contributed by atoms with Crippen LogP contribution in [0.3, 0.4) is 0 Å². The Morgan fingerprint density at radius 3 is 2.30 bits per heavy atom. The third-order valence-corrected chi connectivity index (χ3v) is 7.70. The molecular weight excluding hydrogens is 400 g/mol. The monoisotopic (exact) mass is 430 g/mol. The van der Waals surface area contributed by atoms with Crippen LogP contribution in [0.1, 0.15) is 41.7 Å². The van der Waals surface area contributed by atoms with Gasteiger partial charge in [0.05, 0.1) is 18.4 Å². The molecule has 162 valence electrons. The first kappa shape index (κ1) is 21.2. The second-order valence-electron chi connectivity index (χ2n) is 9.07. The molecule has 0 radical (unpaired) electrons. The van der Waals surface area contributed by atoms with Crippen molar-refractivity contribution in [3.63, 3.8) is 0 Å². The summed E-state index contributed by atoms with van der Waals surface area (Å²) >= 11 is 1.37. The number of ketones is 1. The number of hydrogen-bond donors (Lipinski definition) is 2. The van der Waals surface area contributed by atoms with Crippen LogP contribution in [0.15, 0.2) is 17.5 Å². The zero-order valence-electron chi connectivity index (χ0n) is 17.8. The molecule has 2 N–H and O–H groups in total. The Morgan fingerprint density at radius 2 is 1.77 bits per heavy atom. The maximum Gasteiger partial charge on any atom is 0.224 e. The topological polar surface area (TPSA) is 91.4 Å². The van der Waals surface area contributed by atoms with Crippen LogP contribution in [0.25, 0.3) is 0 Å². The number of carbonyl (C=O) groups excluding carboxylic acids is 3. The molecular formula is C22H30N4O3S. The van der Waals surface area contributed by atoms with Crippen molar-refractivity contribution < 1.29 is 14.4 Å². The molecule has 0 saturated heterocycles. The van der Waals surface area contributed by atoms with E-state index in [1.54, 1.807) is 5.38 Å². The van der Waals surface area contributed by atoms with E-state index in [1.807, 2.05) is 14.1 Å². The van der Waals surface area contributed by atoms with Crippen LogP contribution in [0.5, 0.6) is 0 Å². The quantitative estimate of drug-likeness (QED) is 0.354. The summed E-state index contributed by atoms with van der Waals surface area (Å²) in [4.78, 5) is 44.1. The van der Waals surface area contributed by atoms with E-state index in [1.165, 1.54) is 18.3 Å². The summed E-state index contributed by atoms with van der Waals surface area (Å²) in [6, 6.07) is 0. The molecule has 2 bridgehead atoms. The Kier molecular flexibility index (Phi) is 5.81. The fourth-order valence-electron chi connectivity index (χ4n) is 5.27. The van der Waals surface area contributed by atoms with Gasteiger partial charge in [-0.05, 0) is 57.2 Å². The van der Waals surface area contributed by atoms with Crippen LogP contribution in [0.4, 0.5) is 0 Å². The number of amides is 2. The lowest BCUT2D eigenvalue weighted by atomic mass is 9.81. The first-order valence-corrected chi connectivity index (χ1v) is 11.6. The number of rotatable bonds is 9. The van der Waals surface area contributed by atoms with Gasteiger partial charge >= 0.3 is 0 Å². The number of carbonyl (C=O) groups is 3. The molecule has 4 atom stereocenters. The molecule has 1 spiro atoms. The van der Waals surface area contributed by atoms with E-state index in [0.717, 1.165) is 25.8 Å². The summed E-state index contributed by atoms with van der Waals surface area (Å²) < 4.78 is 0. The fourth-order valence-corrected chi connectivity index (χ4v) is 6.04. The van der Waals surface area contributed by atoms with Crippen LogP contribution < -0.4 is 10.6 Å². The van der Waals surface area contributed by atoms with Crippen LogP contribution in [-0.2, 0) is 16.1 Å². The van der Waals surface area contributed by atoms with Crippen molar-refractivity contribution >= 4 is 28.9 Å². The molecule has 2 fully saturated rings. The Bertz CT molecular complexity index is 873. The number of thiazole rings is 1. The average molecular weight is 431 g/mol. The molecule has 3 aliphatic carbocycles. The molecule has 0 unspecified atom stereocenters. The van der Waals surface area contributed by atoms with Crippen molar-refractivity contribution in [3.8, 4) is 0 Å². The van der Waals surface area contributed by atoms with Crippen molar-refractivity contribution in [1.29, 1.82) is 0 Å². The van der Waals surface area contributed by atoms with E-state index in [2.05, 4.69) is 32.7 Å². The molecule has 8 heteroatoms. The lowest BCUT2D eigenvalue weighted by Crippen LogP contribution is -2.44. The number of nitrogens with one attached hydrogen (secondary N) is 2. The minimum Gasteiger partial charge on any atom is -0.356 e. The van der Waals surface area contributed by atoms with Crippen molar-refractivity contribution in [2.75, 3.05) is 27.2 Å². The van der Waals surface area contributed by atoms with E-state index in [9.17, 15) is 14.4 Å². The Hall–Kier alpha value is -2.06. The van der Waals surface area contributed by atoms with Crippen molar-refractivity contribution in [1.82, 2.24) is 20.5 Å². The lowest BCUT2D eigenvalue weighted by Gasteiger charge is -2.26. The first-order valence-electron chi connectivity index (χ1n) is 10.7. The van der Waals surface area contributed by atoms with Gasteiger partial charge in [0.15, 0.2) is 5.78 Å². The molecule has 1 aromatic rings. The maximum atomic E-state index is 13.2. The highest BCUT2D eigenvalue weighted by atomic mass is 32.1. The van der Waals surface area contributed by atoms with E-state index < -0.39 is 0 Å². The molecule has 1 heterocycles. The fraction of sp³-hybridized carbons (Fsp3) is 0.636. The molecule has 30 heavy (non-hydrogen) atoms. The predicted molar refractivity (Wildman–Crippen MR) is 115 cm³/mol. The number of Topliss-reactive ketones (excluding diaryl/α,β-unsaturated/α-hetero) is 1. The van der Waals surface area contributed by atoms with Crippen LogP contribution in [0, 0.1) is 29.1 Å². The summed E-state index contributed by atoms with van der Waals surface area (Å²) in [5, 5.41) is 8.49. The minimum atomic E-state index is -0.330. The van der Waals surface area contributed by atoms with Gasteiger partial charge in [-0.15, -0.1) is 11.3 Å². The summed E-state index contributed by atoms with van der Waals surface area (Å²) in [5.41, 5.74) is 0.551. The molecule has 3 aliphatic rings. The highest BCUT2D eigenvalue weighted by Gasteiger charge is 2.69. The molecule has 2 saturated carbocycles. The van der Waals surface area contributed by atoms with Crippen LogP contribution in [-0.4, -0.2) is 54.7 Å². The second-order valence-corrected chi connectivity index (χ2v) is 10.0. The van der Waals surface area contributed by atoms with Gasteiger partial charge in [0, 0.05) is 18.8 Å². The van der Waals surface area contributed by atoms with Gasteiger partial charge in [0.25, 0.3) is 0 Å². The molecule has 2 amide bonds. The van der Waals surface area contributed by atoms with Gasteiger partial charge < -0.3 is 15.5 Å². The standard InChI is InChI=1S/C22H30N4O3S/c1-13(27)16-12-30-17(25-16)11-24-21(29)19-15-6-5-14(22(15)7-8-22)18(19)20(28)23-9-4-10-26(2)3/h5-6,12,14-15,18-19H,4,7-11H2,1-3H3,(H,23,28)(H,24,29)/t14-,15+,18-,19-/m1/s1. The second kappa shape index (κ2) is 8.23. The largest absolute Gasteiger partial charge is 0.356 e. The van der Waals surface area contributed by atoms with E-state index in [0.29, 0.717) is 23.8 Å². The zero-order chi connectivity index (χ0) is 21.5. The number of allylic oxidation sites excluding steroid dienone is 2. The van der Waals surface area contributed by atoms with E-state index in [4.69, 9.17) is 0 Å². The number of nitrogens with zero attached hydrogens (tertiary/aromatic N) is 2. The lowest BCUT2D eigenvalue weighted by molar-refractivity contribution is -0.135. The van der Waals surface area contributed by atoms with Crippen molar-refractivity contribution in [3.05, 3.63) is 28.2 Å². The van der Waals surface area contributed by atoms with Crippen LogP contribution >= 0.6 is 11.3 Å². The highest BCUT2D eigenvalue weighted by molar-refractivity contribution is 7.09. The Morgan fingerprint density at radius 1 is 1.13 bits per heavy atom. The summed E-state index contributed by atoms with van der Waals surface area (Å²) in [6.07, 6.45) is 7.41. The van der Waals surface area contributed by atoms with E-state index >= 15 is 0 Å². The Labute approximate surface area is 181 Å². The molecule has 7 nitrogen and oxygen atoms in total. The number of aromatic nitrogens is 1. The smallest absolute Gasteiger partial charge is 0.224 e. The van der Waals surface area contributed by atoms with Gasteiger partial charge in [0.1, 0.15) is 10.7 Å². The molecule has 1 aromatic heterocycles. The minimum absolute atomic E-state index is 0.00476. The van der Waals surface area contributed by atoms with Gasteiger partial charge in [0.2, 0.25) is 11.8 Å². The van der Waals surface area contributed by atoms with E-state index in [-0.39, 0.29) is 46.7 Å². The SMILES string of the molecule is CC(=O)c1csc(CNC(=O)[C@H]2[C@H](C(=O)NCCCN(C)C)[C@H]3C=C[C@@H]2C32CC2)n1. The molecule has 4 rings (SSSR count). The van der Waals surface area contributed by atoms with Gasteiger partial charge in [-0.1, -0.05) is 12.2 Å². The molecule has 0 aliphatic heterocycles. The average Bonchev–Trinajstić information content (AvgIpc) is 3.11. The molecule has 0 aromatic carbocycles. The highest BCUT2D eigenvalue weighted by Crippen LogP contribution is 2.72. The van der Waals surface area contributed by atoms with Gasteiger partial charge in [-0.3, -0.25) is 14.4 Å². The maximum absolute atomic E-state index is 13.2. The van der Waals surface area contributed by atoms with Crippen molar-refractivity contribution in [2.24, 2.45) is 29.1 Å². The third kappa shape index (κ3) is 3.83. The summed E-state index contributed by atoms with van der Waals surface area (Å²) in [5.74, 6) is -0.477. The predicted octanol–water partition coefficient (Wildman–Crippen LogP) is 1.86. The van der Waals surface area contributed by atoms with Gasteiger partial charge in [-0.2, -0.15) is 0 Å². The zero-order valence-corrected chi connectivity index (χ0v) is 18.6. The summed E-state index contributed by atoms with van der Waals surface area (Å²) in [6.45, 7) is 3.32. The summed E-state index contributed by atoms with van der Waals surface area (Å²) in [7, 11) is 4.03. The normalized spacial score (nSPS) is 27.6. The van der Waals surface area contributed by atoms with Gasteiger partial charge in [-0.25, -0.2) is 4.98 Å². The first-order chi connectivity index (χ1) is 14.3. The third-order valence-electron chi connectivity index (χ3n) is 6.85. The number of hydrogen-bond acceptors (Lipinski definition) is 6. The van der Waals surface area contributed by atoms with Crippen molar-refractivity contribution in [2.45, 2.75) is 32.7 Å². The Balaban J connectivity index is 1.41.